The number of carbonyl (C=O) groups excluding carboxylic acids is 2. The standard InChI is InChI=1S/C15H21N3O3/c1-2-16-15(20)17-14(19)13(12-6-4-3-5-7-12)18-8-10-21-11-9-18/h3-7,13H,2,8-11H2,1H3,(H2,16,17,19,20)/p+1/t13-/m0/s1. The van der Waals surface area contributed by atoms with Gasteiger partial charge in [-0.3, -0.25) is 10.1 Å². The Morgan fingerprint density at radius 1 is 1.24 bits per heavy atom. The van der Waals surface area contributed by atoms with Crippen molar-refractivity contribution < 1.29 is 19.2 Å². The van der Waals surface area contributed by atoms with E-state index in [1.54, 1.807) is 0 Å². The number of ether oxygens (including phenoxy) is 1. The highest BCUT2D eigenvalue weighted by atomic mass is 16.5. The van der Waals surface area contributed by atoms with Gasteiger partial charge in [0, 0.05) is 12.1 Å². The molecule has 0 aliphatic carbocycles. The molecule has 0 radical (unpaired) electrons. The number of hydrogen-bond acceptors (Lipinski definition) is 3. The Hall–Kier alpha value is -1.92. The van der Waals surface area contributed by atoms with E-state index in [2.05, 4.69) is 10.6 Å². The van der Waals surface area contributed by atoms with Gasteiger partial charge in [-0.1, -0.05) is 30.3 Å². The van der Waals surface area contributed by atoms with Crippen LogP contribution in [0, 0.1) is 0 Å². The summed E-state index contributed by atoms with van der Waals surface area (Å²) < 4.78 is 5.35. The van der Waals surface area contributed by atoms with Crippen LogP contribution in [0.1, 0.15) is 18.5 Å². The van der Waals surface area contributed by atoms with Gasteiger partial charge in [0.2, 0.25) is 0 Å². The second-order valence-corrected chi connectivity index (χ2v) is 4.96. The molecule has 1 fully saturated rings. The Morgan fingerprint density at radius 3 is 2.52 bits per heavy atom. The molecule has 1 heterocycles. The van der Waals surface area contributed by atoms with Gasteiger partial charge in [-0.15, -0.1) is 0 Å². The Kier molecular flexibility index (Phi) is 5.71. The van der Waals surface area contributed by atoms with Crippen molar-refractivity contribution in [2.24, 2.45) is 0 Å². The van der Waals surface area contributed by atoms with Gasteiger partial charge < -0.3 is 15.0 Å². The van der Waals surface area contributed by atoms with Gasteiger partial charge in [-0.05, 0) is 6.92 Å². The number of imide groups is 1. The molecule has 3 N–H and O–H groups in total. The predicted octanol–water partition coefficient (Wildman–Crippen LogP) is -0.511. The highest BCUT2D eigenvalue weighted by Crippen LogP contribution is 2.10. The molecule has 0 bridgehead atoms. The number of amides is 3. The van der Waals surface area contributed by atoms with Crippen LogP contribution >= 0.6 is 0 Å². The fraction of sp³-hybridized carbons (Fsp3) is 0.467. The number of nitrogens with one attached hydrogen (secondary N) is 3. The third-order valence-electron chi connectivity index (χ3n) is 3.51. The summed E-state index contributed by atoms with van der Waals surface area (Å²) in [5.74, 6) is -0.274. The van der Waals surface area contributed by atoms with Gasteiger partial charge in [0.15, 0.2) is 6.04 Å². The van der Waals surface area contributed by atoms with Gasteiger partial charge in [0.05, 0.1) is 13.2 Å². The highest BCUT2D eigenvalue weighted by Gasteiger charge is 2.33. The highest BCUT2D eigenvalue weighted by molar-refractivity contribution is 5.96. The van der Waals surface area contributed by atoms with Crippen molar-refractivity contribution in [3.05, 3.63) is 35.9 Å². The molecule has 0 aromatic heterocycles. The van der Waals surface area contributed by atoms with Gasteiger partial charge in [0.1, 0.15) is 13.1 Å². The van der Waals surface area contributed by atoms with E-state index in [1.165, 1.54) is 0 Å². The quantitative estimate of drug-likeness (QED) is 0.700. The summed E-state index contributed by atoms with van der Waals surface area (Å²) in [4.78, 5) is 25.2. The van der Waals surface area contributed by atoms with E-state index in [-0.39, 0.29) is 5.91 Å². The lowest BCUT2D eigenvalue weighted by Gasteiger charge is -2.30. The molecule has 3 amide bonds. The maximum Gasteiger partial charge on any atom is 0.321 e. The van der Waals surface area contributed by atoms with Gasteiger partial charge >= 0.3 is 6.03 Å². The molecule has 6 heteroatoms. The van der Waals surface area contributed by atoms with Crippen LogP contribution in [0.3, 0.4) is 0 Å². The van der Waals surface area contributed by atoms with E-state index >= 15 is 0 Å². The van der Waals surface area contributed by atoms with Crippen molar-refractivity contribution in [3.8, 4) is 0 Å². The molecule has 0 unspecified atom stereocenters. The predicted molar refractivity (Wildman–Crippen MR) is 77.9 cm³/mol. The topological polar surface area (TPSA) is 71.9 Å². The van der Waals surface area contributed by atoms with Crippen molar-refractivity contribution in [2.45, 2.75) is 13.0 Å². The molecule has 6 nitrogen and oxygen atoms in total. The zero-order valence-corrected chi connectivity index (χ0v) is 12.2. The first-order chi connectivity index (χ1) is 10.2. The zero-order chi connectivity index (χ0) is 15.1. The maximum atomic E-state index is 12.5. The minimum absolute atomic E-state index is 0.274. The number of morpholine rings is 1. The molecule has 1 aromatic carbocycles. The van der Waals surface area contributed by atoms with Crippen LogP contribution < -0.4 is 15.5 Å². The van der Waals surface area contributed by atoms with Crippen LogP contribution in [-0.2, 0) is 9.53 Å². The van der Waals surface area contributed by atoms with E-state index in [0.717, 1.165) is 23.6 Å². The Balaban J connectivity index is 2.15. The lowest BCUT2D eigenvalue weighted by Crippen LogP contribution is -3.15. The minimum Gasteiger partial charge on any atom is -0.370 e. The SMILES string of the molecule is CCNC(=O)NC(=O)[C@H](c1ccccc1)[NH+]1CCOCC1. The number of urea groups is 1. The normalized spacial score (nSPS) is 17.0. The average Bonchev–Trinajstić information content (AvgIpc) is 2.50. The minimum atomic E-state index is -0.448. The van der Waals surface area contributed by atoms with Crippen LogP contribution in [0.4, 0.5) is 4.79 Å². The maximum absolute atomic E-state index is 12.5. The first-order valence-electron chi connectivity index (χ1n) is 7.28. The van der Waals surface area contributed by atoms with E-state index < -0.39 is 12.1 Å². The van der Waals surface area contributed by atoms with Crippen LogP contribution in [0.25, 0.3) is 0 Å². The van der Waals surface area contributed by atoms with Crippen LogP contribution in [-0.4, -0.2) is 44.8 Å². The molecule has 1 aromatic rings. The lowest BCUT2D eigenvalue weighted by atomic mass is 10.0. The fourth-order valence-electron chi connectivity index (χ4n) is 2.53. The number of rotatable bonds is 4. The molecule has 0 saturated carbocycles. The number of hydrogen-bond donors (Lipinski definition) is 3. The third-order valence-corrected chi connectivity index (χ3v) is 3.51. The van der Waals surface area contributed by atoms with Crippen molar-refractivity contribution in [2.75, 3.05) is 32.8 Å². The summed E-state index contributed by atoms with van der Waals surface area (Å²) in [6.45, 7) is 5.07. The third kappa shape index (κ3) is 4.27. The molecular weight excluding hydrogens is 270 g/mol. The zero-order valence-electron chi connectivity index (χ0n) is 12.2. The largest absolute Gasteiger partial charge is 0.370 e. The number of carbonyl (C=O) groups is 2. The average molecular weight is 292 g/mol. The van der Waals surface area contributed by atoms with Crippen molar-refractivity contribution >= 4 is 11.9 Å². The van der Waals surface area contributed by atoms with Gasteiger partial charge in [-0.2, -0.15) is 0 Å². The summed E-state index contributed by atoms with van der Waals surface area (Å²) in [7, 11) is 0. The van der Waals surface area contributed by atoms with Crippen LogP contribution in [0.2, 0.25) is 0 Å². The molecular formula is C15H22N3O3+. The smallest absolute Gasteiger partial charge is 0.321 e. The Labute approximate surface area is 124 Å². The lowest BCUT2D eigenvalue weighted by molar-refractivity contribution is -0.929. The molecule has 0 spiro atoms. The molecule has 2 rings (SSSR count). The molecule has 114 valence electrons. The first kappa shape index (κ1) is 15.5. The van der Waals surface area contributed by atoms with Gasteiger partial charge in [0.25, 0.3) is 5.91 Å². The molecule has 1 atom stereocenters. The van der Waals surface area contributed by atoms with Crippen molar-refractivity contribution in [3.63, 3.8) is 0 Å². The van der Waals surface area contributed by atoms with Gasteiger partial charge in [-0.25, -0.2) is 4.79 Å². The van der Waals surface area contributed by atoms with E-state index in [9.17, 15) is 9.59 Å². The summed E-state index contributed by atoms with van der Waals surface area (Å²) in [6, 6.07) is 8.73. The summed E-state index contributed by atoms with van der Waals surface area (Å²) in [6.07, 6.45) is 0. The summed E-state index contributed by atoms with van der Waals surface area (Å²) >= 11 is 0. The Morgan fingerprint density at radius 2 is 1.90 bits per heavy atom. The molecule has 21 heavy (non-hydrogen) atoms. The monoisotopic (exact) mass is 292 g/mol. The second kappa shape index (κ2) is 7.75. The van der Waals surface area contributed by atoms with Crippen LogP contribution in [0.5, 0.6) is 0 Å². The molecule has 1 aliphatic heterocycles. The Bertz CT molecular complexity index is 472. The number of quaternary nitrogens is 1. The summed E-state index contributed by atoms with van der Waals surface area (Å²) in [5, 5.41) is 5.01. The first-order valence-corrected chi connectivity index (χ1v) is 7.28. The molecule has 1 aliphatic rings. The van der Waals surface area contributed by atoms with Crippen LogP contribution in [0.15, 0.2) is 30.3 Å². The van der Waals surface area contributed by atoms with Crippen molar-refractivity contribution in [1.82, 2.24) is 10.6 Å². The van der Waals surface area contributed by atoms with E-state index in [4.69, 9.17) is 4.74 Å². The second-order valence-electron chi connectivity index (χ2n) is 4.96. The molecule has 1 saturated heterocycles. The van der Waals surface area contributed by atoms with E-state index in [1.807, 2.05) is 37.3 Å². The number of benzene rings is 1. The fourth-order valence-corrected chi connectivity index (χ4v) is 2.53. The van der Waals surface area contributed by atoms with Crippen molar-refractivity contribution in [1.29, 1.82) is 0 Å². The van der Waals surface area contributed by atoms with E-state index in [0.29, 0.717) is 19.8 Å². The summed E-state index contributed by atoms with van der Waals surface area (Å²) in [5.41, 5.74) is 0.913.